The number of aromatic nitrogens is 1. The molecule has 0 radical (unpaired) electrons. The number of aliphatic hydroxyl groups excluding tert-OH is 1. The Morgan fingerprint density at radius 2 is 2.33 bits per heavy atom. The number of carbonyl (C=O) groups excluding carboxylic acids is 1. The zero-order valence-corrected chi connectivity index (χ0v) is 11.8. The van der Waals surface area contributed by atoms with Gasteiger partial charge >= 0.3 is 6.03 Å². The van der Waals surface area contributed by atoms with Crippen molar-refractivity contribution in [3.8, 4) is 0 Å². The standard InChI is InChI=1S/C12H21N3O2S/c1-3-11-14-10(9-18-11)5-6-13-12(17)15(4-2)7-8-16/h9,16H,3-8H2,1-2H3,(H,13,17). The van der Waals surface area contributed by atoms with Crippen molar-refractivity contribution in [2.24, 2.45) is 0 Å². The minimum Gasteiger partial charge on any atom is -0.395 e. The number of amides is 2. The zero-order valence-electron chi connectivity index (χ0n) is 11.0. The number of nitrogens with zero attached hydrogens (tertiary/aromatic N) is 2. The van der Waals surface area contributed by atoms with Gasteiger partial charge in [0, 0.05) is 31.4 Å². The SMILES string of the molecule is CCc1nc(CCNC(=O)N(CC)CCO)cs1. The van der Waals surface area contributed by atoms with Crippen LogP contribution in [0.1, 0.15) is 24.5 Å². The number of nitrogens with one attached hydrogen (secondary N) is 1. The largest absolute Gasteiger partial charge is 0.395 e. The molecule has 0 aliphatic rings. The fourth-order valence-corrected chi connectivity index (χ4v) is 2.34. The third-order valence-corrected chi connectivity index (χ3v) is 3.64. The fourth-order valence-electron chi connectivity index (χ4n) is 1.56. The van der Waals surface area contributed by atoms with Gasteiger partial charge in [0.25, 0.3) is 0 Å². The first-order valence-electron chi connectivity index (χ1n) is 6.28. The minimum atomic E-state index is -0.127. The summed E-state index contributed by atoms with van der Waals surface area (Å²) in [7, 11) is 0. The minimum absolute atomic E-state index is 0.00674. The summed E-state index contributed by atoms with van der Waals surface area (Å²) in [6, 6.07) is -0.127. The highest BCUT2D eigenvalue weighted by Crippen LogP contribution is 2.10. The second kappa shape index (κ2) is 8.05. The van der Waals surface area contributed by atoms with Crippen molar-refractivity contribution in [1.82, 2.24) is 15.2 Å². The summed E-state index contributed by atoms with van der Waals surface area (Å²) in [6.07, 6.45) is 1.70. The summed E-state index contributed by atoms with van der Waals surface area (Å²) in [6.45, 7) is 5.52. The Labute approximate surface area is 112 Å². The molecule has 102 valence electrons. The predicted molar refractivity (Wildman–Crippen MR) is 72.9 cm³/mol. The molecule has 6 heteroatoms. The fraction of sp³-hybridized carbons (Fsp3) is 0.667. The van der Waals surface area contributed by atoms with Crippen LogP contribution in [0.2, 0.25) is 0 Å². The molecule has 0 aromatic carbocycles. The molecule has 0 bridgehead atoms. The second-order valence-corrected chi connectivity index (χ2v) is 4.81. The van der Waals surface area contributed by atoms with Crippen LogP contribution in [0.25, 0.3) is 0 Å². The number of hydrogen-bond acceptors (Lipinski definition) is 4. The predicted octanol–water partition coefficient (Wildman–Crippen LogP) is 1.27. The number of likely N-dealkylation sites (N-methyl/N-ethyl adjacent to an activating group) is 1. The van der Waals surface area contributed by atoms with Gasteiger partial charge < -0.3 is 15.3 Å². The monoisotopic (exact) mass is 271 g/mol. The number of carbonyl (C=O) groups is 1. The molecule has 0 unspecified atom stereocenters. The summed E-state index contributed by atoms with van der Waals surface area (Å²) < 4.78 is 0. The van der Waals surface area contributed by atoms with Gasteiger partial charge in [-0.1, -0.05) is 6.92 Å². The van der Waals surface area contributed by atoms with Gasteiger partial charge in [-0.15, -0.1) is 11.3 Å². The molecule has 1 aromatic rings. The normalized spacial score (nSPS) is 10.4. The summed E-state index contributed by atoms with van der Waals surface area (Å²) >= 11 is 1.66. The first-order chi connectivity index (χ1) is 8.71. The maximum atomic E-state index is 11.7. The van der Waals surface area contributed by atoms with E-state index in [1.807, 2.05) is 12.3 Å². The van der Waals surface area contributed by atoms with Crippen molar-refractivity contribution >= 4 is 17.4 Å². The highest BCUT2D eigenvalue weighted by Gasteiger charge is 2.09. The Bertz CT molecular complexity index is 368. The molecule has 2 N–H and O–H groups in total. The number of aryl methyl sites for hydroxylation is 1. The van der Waals surface area contributed by atoms with Crippen molar-refractivity contribution in [3.63, 3.8) is 0 Å². The van der Waals surface area contributed by atoms with Crippen molar-refractivity contribution in [2.45, 2.75) is 26.7 Å². The van der Waals surface area contributed by atoms with Gasteiger partial charge in [0.2, 0.25) is 0 Å². The van der Waals surface area contributed by atoms with Crippen LogP contribution < -0.4 is 5.32 Å². The molecule has 18 heavy (non-hydrogen) atoms. The molecule has 0 spiro atoms. The smallest absolute Gasteiger partial charge is 0.317 e. The number of thiazole rings is 1. The van der Waals surface area contributed by atoms with Crippen LogP contribution in [0.3, 0.4) is 0 Å². The number of urea groups is 1. The lowest BCUT2D eigenvalue weighted by molar-refractivity contribution is 0.180. The van der Waals surface area contributed by atoms with Crippen molar-refractivity contribution in [2.75, 3.05) is 26.2 Å². The quantitative estimate of drug-likeness (QED) is 0.785. The van der Waals surface area contributed by atoms with E-state index < -0.39 is 0 Å². The van der Waals surface area contributed by atoms with E-state index in [1.54, 1.807) is 16.2 Å². The molecule has 0 atom stereocenters. The Morgan fingerprint density at radius 1 is 1.56 bits per heavy atom. The topological polar surface area (TPSA) is 65.5 Å². The van der Waals surface area contributed by atoms with Crippen molar-refractivity contribution in [3.05, 3.63) is 16.1 Å². The van der Waals surface area contributed by atoms with Gasteiger partial charge in [0.05, 0.1) is 17.3 Å². The number of aliphatic hydroxyl groups is 1. The Hall–Kier alpha value is -1.14. The third kappa shape index (κ3) is 4.62. The van der Waals surface area contributed by atoms with E-state index in [0.29, 0.717) is 19.6 Å². The van der Waals surface area contributed by atoms with Gasteiger partial charge in [-0.3, -0.25) is 0 Å². The summed E-state index contributed by atoms with van der Waals surface area (Å²) in [5.74, 6) is 0. The third-order valence-electron chi connectivity index (χ3n) is 2.60. The first kappa shape index (κ1) is 14.9. The number of rotatable bonds is 7. The molecular weight excluding hydrogens is 250 g/mol. The van der Waals surface area contributed by atoms with Crippen LogP contribution in [0.4, 0.5) is 4.79 Å². The number of hydrogen-bond donors (Lipinski definition) is 2. The van der Waals surface area contributed by atoms with E-state index >= 15 is 0 Å². The summed E-state index contributed by atoms with van der Waals surface area (Å²) in [5, 5.41) is 14.8. The molecule has 5 nitrogen and oxygen atoms in total. The average molecular weight is 271 g/mol. The lowest BCUT2D eigenvalue weighted by atomic mass is 10.3. The zero-order chi connectivity index (χ0) is 13.4. The van der Waals surface area contributed by atoms with E-state index in [1.165, 1.54) is 0 Å². The maximum absolute atomic E-state index is 11.7. The van der Waals surface area contributed by atoms with Gasteiger partial charge in [0.15, 0.2) is 0 Å². The van der Waals surface area contributed by atoms with E-state index in [2.05, 4.69) is 17.2 Å². The first-order valence-corrected chi connectivity index (χ1v) is 7.16. The van der Waals surface area contributed by atoms with Gasteiger partial charge in [-0.25, -0.2) is 9.78 Å². The van der Waals surface area contributed by atoms with Crippen LogP contribution in [-0.4, -0.2) is 47.3 Å². The lowest BCUT2D eigenvalue weighted by Crippen LogP contribution is -2.42. The van der Waals surface area contributed by atoms with Crippen molar-refractivity contribution in [1.29, 1.82) is 0 Å². The highest BCUT2D eigenvalue weighted by molar-refractivity contribution is 7.09. The molecule has 2 amide bonds. The van der Waals surface area contributed by atoms with Crippen LogP contribution in [0.15, 0.2) is 5.38 Å². The molecule has 0 aliphatic heterocycles. The van der Waals surface area contributed by atoms with E-state index in [9.17, 15) is 4.79 Å². The van der Waals surface area contributed by atoms with Gasteiger partial charge in [-0.2, -0.15) is 0 Å². The molecule has 1 aromatic heterocycles. The Kier molecular flexibility index (Phi) is 6.67. The van der Waals surface area contributed by atoms with E-state index in [0.717, 1.165) is 23.5 Å². The van der Waals surface area contributed by atoms with Crippen molar-refractivity contribution < 1.29 is 9.90 Å². The van der Waals surface area contributed by atoms with E-state index in [4.69, 9.17) is 5.11 Å². The molecular formula is C12H21N3O2S. The molecule has 0 fully saturated rings. The second-order valence-electron chi connectivity index (χ2n) is 3.87. The molecule has 0 aliphatic carbocycles. The van der Waals surface area contributed by atoms with Crippen LogP contribution in [-0.2, 0) is 12.8 Å². The maximum Gasteiger partial charge on any atom is 0.317 e. The average Bonchev–Trinajstić information content (AvgIpc) is 2.83. The summed E-state index contributed by atoms with van der Waals surface area (Å²) in [4.78, 5) is 17.7. The van der Waals surface area contributed by atoms with Gasteiger partial charge in [0.1, 0.15) is 0 Å². The van der Waals surface area contributed by atoms with Crippen LogP contribution in [0.5, 0.6) is 0 Å². The molecule has 1 rings (SSSR count). The molecule has 0 saturated heterocycles. The summed E-state index contributed by atoms with van der Waals surface area (Å²) in [5.41, 5.74) is 1.03. The Balaban J connectivity index is 2.30. The lowest BCUT2D eigenvalue weighted by Gasteiger charge is -2.19. The van der Waals surface area contributed by atoms with E-state index in [-0.39, 0.29) is 12.6 Å². The Morgan fingerprint density at radius 3 is 2.89 bits per heavy atom. The van der Waals surface area contributed by atoms with Crippen LogP contribution >= 0.6 is 11.3 Å². The molecule has 0 saturated carbocycles. The van der Waals surface area contributed by atoms with Crippen LogP contribution in [0, 0.1) is 0 Å². The van der Waals surface area contributed by atoms with Gasteiger partial charge in [-0.05, 0) is 13.3 Å². The highest BCUT2D eigenvalue weighted by atomic mass is 32.1. The molecule has 1 heterocycles.